The topological polar surface area (TPSA) is 29.0 Å². The highest BCUT2D eigenvalue weighted by Gasteiger charge is 2.14. The first kappa shape index (κ1) is 17.9. The minimum Gasteiger partial charge on any atom is -0.354 e. The number of aromatic nitrogens is 2. The molecule has 3 nitrogen and oxygen atoms in total. The monoisotopic (exact) mass is 365 g/mol. The summed E-state index contributed by atoms with van der Waals surface area (Å²) in [5.74, 6) is 0.860. The van der Waals surface area contributed by atoms with Gasteiger partial charge in [-0.1, -0.05) is 90.5 Å². The molecule has 4 rings (SSSR count). The normalized spacial score (nSPS) is 10.6. The van der Waals surface area contributed by atoms with Crippen molar-refractivity contribution in [3.63, 3.8) is 0 Å². The minimum atomic E-state index is 0.785. The summed E-state index contributed by atoms with van der Waals surface area (Å²) in [7, 11) is 2.05. The van der Waals surface area contributed by atoms with Gasteiger partial charge in [-0.05, 0) is 12.5 Å². The molecule has 0 saturated carbocycles. The Kier molecular flexibility index (Phi) is 5.16. The molecule has 138 valence electrons. The summed E-state index contributed by atoms with van der Waals surface area (Å²) in [4.78, 5) is 11.9. The van der Waals surface area contributed by atoms with Crippen LogP contribution in [-0.2, 0) is 6.54 Å². The van der Waals surface area contributed by atoms with Crippen molar-refractivity contribution in [3.8, 4) is 22.5 Å². The van der Waals surface area contributed by atoms with E-state index in [4.69, 9.17) is 9.97 Å². The lowest BCUT2D eigenvalue weighted by Crippen LogP contribution is -2.18. The smallest absolute Gasteiger partial charge is 0.147 e. The molecule has 0 saturated heterocycles. The van der Waals surface area contributed by atoms with Crippen molar-refractivity contribution in [2.75, 3.05) is 11.9 Å². The molecule has 0 aliphatic heterocycles. The number of aryl methyl sites for hydroxylation is 1. The molecule has 3 aromatic carbocycles. The summed E-state index contributed by atoms with van der Waals surface area (Å²) in [6.45, 7) is 2.88. The zero-order valence-corrected chi connectivity index (χ0v) is 16.2. The van der Waals surface area contributed by atoms with E-state index < -0.39 is 0 Å². The molecular formula is C25H23N3. The van der Waals surface area contributed by atoms with Crippen molar-refractivity contribution < 1.29 is 0 Å². The maximum atomic E-state index is 5.00. The molecule has 0 aliphatic rings. The van der Waals surface area contributed by atoms with E-state index >= 15 is 0 Å². The van der Waals surface area contributed by atoms with E-state index in [1.54, 1.807) is 0 Å². The van der Waals surface area contributed by atoms with Gasteiger partial charge in [0.2, 0.25) is 0 Å². The van der Waals surface area contributed by atoms with Crippen LogP contribution < -0.4 is 4.90 Å². The Morgan fingerprint density at radius 3 is 2.00 bits per heavy atom. The fourth-order valence-corrected chi connectivity index (χ4v) is 3.22. The van der Waals surface area contributed by atoms with Gasteiger partial charge in [-0.3, -0.25) is 4.98 Å². The summed E-state index contributed by atoms with van der Waals surface area (Å²) < 4.78 is 0. The van der Waals surface area contributed by atoms with Crippen LogP contribution in [0.5, 0.6) is 0 Å². The molecule has 0 spiro atoms. The SMILES string of the molecule is Cc1ccc(-c2ncc(N(C)Cc3ccccc3)nc2-c2ccccc2)cc1. The van der Waals surface area contributed by atoms with Gasteiger partial charge in [-0.2, -0.15) is 0 Å². The van der Waals surface area contributed by atoms with Crippen LogP contribution >= 0.6 is 0 Å². The second kappa shape index (κ2) is 8.05. The van der Waals surface area contributed by atoms with Crippen molar-refractivity contribution >= 4 is 5.82 Å². The van der Waals surface area contributed by atoms with Gasteiger partial charge in [0.15, 0.2) is 0 Å². The predicted octanol–water partition coefficient (Wildman–Crippen LogP) is 5.76. The molecule has 0 radical (unpaired) electrons. The van der Waals surface area contributed by atoms with E-state index in [0.717, 1.165) is 34.9 Å². The van der Waals surface area contributed by atoms with Crippen LogP contribution in [0.4, 0.5) is 5.82 Å². The van der Waals surface area contributed by atoms with Crippen molar-refractivity contribution in [2.45, 2.75) is 13.5 Å². The zero-order chi connectivity index (χ0) is 19.3. The second-order valence-electron chi connectivity index (χ2n) is 7.00. The molecular weight excluding hydrogens is 342 g/mol. The molecule has 0 aliphatic carbocycles. The lowest BCUT2D eigenvalue weighted by atomic mass is 10.0. The third-order valence-electron chi connectivity index (χ3n) is 4.79. The Morgan fingerprint density at radius 2 is 1.32 bits per heavy atom. The van der Waals surface area contributed by atoms with Crippen LogP contribution in [0.25, 0.3) is 22.5 Å². The zero-order valence-electron chi connectivity index (χ0n) is 16.2. The first-order valence-corrected chi connectivity index (χ1v) is 9.45. The Morgan fingerprint density at radius 1 is 0.714 bits per heavy atom. The van der Waals surface area contributed by atoms with E-state index in [2.05, 4.69) is 79.5 Å². The van der Waals surface area contributed by atoms with Crippen LogP contribution in [0, 0.1) is 6.92 Å². The minimum absolute atomic E-state index is 0.785. The lowest BCUT2D eigenvalue weighted by molar-refractivity contribution is 0.892. The van der Waals surface area contributed by atoms with E-state index in [1.807, 2.05) is 30.5 Å². The van der Waals surface area contributed by atoms with Gasteiger partial charge in [0.05, 0.1) is 17.6 Å². The number of anilines is 1. The Balaban J connectivity index is 1.75. The van der Waals surface area contributed by atoms with Gasteiger partial charge >= 0.3 is 0 Å². The largest absolute Gasteiger partial charge is 0.354 e. The van der Waals surface area contributed by atoms with Crippen LogP contribution in [0.3, 0.4) is 0 Å². The average Bonchev–Trinajstić information content (AvgIpc) is 2.75. The molecule has 4 aromatic rings. The molecule has 28 heavy (non-hydrogen) atoms. The highest BCUT2D eigenvalue weighted by Crippen LogP contribution is 2.30. The average molecular weight is 365 g/mol. The molecule has 0 unspecified atom stereocenters. The van der Waals surface area contributed by atoms with Gasteiger partial charge < -0.3 is 4.90 Å². The number of hydrogen-bond acceptors (Lipinski definition) is 3. The molecule has 0 bridgehead atoms. The van der Waals surface area contributed by atoms with Crippen molar-refractivity contribution in [3.05, 3.63) is 102 Å². The van der Waals surface area contributed by atoms with Crippen LogP contribution in [0.1, 0.15) is 11.1 Å². The predicted molar refractivity (Wildman–Crippen MR) is 116 cm³/mol. The van der Waals surface area contributed by atoms with Crippen molar-refractivity contribution in [1.29, 1.82) is 0 Å². The van der Waals surface area contributed by atoms with Crippen molar-refractivity contribution in [2.24, 2.45) is 0 Å². The van der Waals surface area contributed by atoms with Crippen molar-refractivity contribution in [1.82, 2.24) is 9.97 Å². The molecule has 0 amide bonds. The number of rotatable bonds is 5. The Labute approximate surface area is 166 Å². The van der Waals surface area contributed by atoms with Gasteiger partial charge in [0.1, 0.15) is 5.82 Å². The quantitative estimate of drug-likeness (QED) is 0.450. The number of hydrogen-bond donors (Lipinski definition) is 0. The van der Waals surface area contributed by atoms with Gasteiger partial charge in [0.25, 0.3) is 0 Å². The molecule has 0 atom stereocenters. The molecule has 0 fully saturated rings. The Bertz CT molecular complexity index is 1040. The van der Waals surface area contributed by atoms with E-state index in [1.165, 1.54) is 11.1 Å². The van der Waals surface area contributed by atoms with Gasteiger partial charge in [-0.15, -0.1) is 0 Å². The molecule has 1 heterocycles. The first-order chi connectivity index (χ1) is 13.7. The number of nitrogens with zero attached hydrogens (tertiary/aromatic N) is 3. The standard InChI is InChI=1S/C25H23N3/c1-19-13-15-22(16-14-19)24-25(21-11-7-4-8-12-21)27-23(17-26-24)28(2)18-20-9-5-3-6-10-20/h3-17H,18H2,1-2H3. The van der Waals surface area contributed by atoms with Crippen LogP contribution in [-0.4, -0.2) is 17.0 Å². The van der Waals surface area contributed by atoms with Gasteiger partial charge in [-0.25, -0.2) is 4.98 Å². The Hall–Kier alpha value is -3.46. The molecule has 1 aromatic heterocycles. The van der Waals surface area contributed by atoms with Crippen LogP contribution in [0.15, 0.2) is 91.1 Å². The maximum Gasteiger partial charge on any atom is 0.147 e. The summed E-state index contributed by atoms with van der Waals surface area (Å²) in [5.41, 5.74) is 6.44. The number of benzene rings is 3. The second-order valence-corrected chi connectivity index (χ2v) is 7.00. The van der Waals surface area contributed by atoms with E-state index in [-0.39, 0.29) is 0 Å². The highest BCUT2D eigenvalue weighted by atomic mass is 15.2. The third-order valence-corrected chi connectivity index (χ3v) is 4.79. The molecule has 0 N–H and O–H groups in total. The third kappa shape index (κ3) is 3.94. The summed E-state index contributed by atoms with van der Waals surface area (Å²) in [6.07, 6.45) is 1.87. The first-order valence-electron chi connectivity index (χ1n) is 9.45. The summed E-state index contributed by atoms with van der Waals surface area (Å²) in [5, 5.41) is 0. The fraction of sp³-hybridized carbons (Fsp3) is 0.120. The van der Waals surface area contributed by atoms with Gasteiger partial charge in [0, 0.05) is 24.7 Å². The summed E-state index contributed by atoms with van der Waals surface area (Å²) in [6, 6.07) is 29.1. The summed E-state index contributed by atoms with van der Waals surface area (Å²) >= 11 is 0. The highest BCUT2D eigenvalue weighted by molar-refractivity contribution is 5.78. The maximum absolute atomic E-state index is 5.00. The lowest BCUT2D eigenvalue weighted by Gasteiger charge is -2.20. The molecule has 3 heteroatoms. The van der Waals surface area contributed by atoms with E-state index in [9.17, 15) is 0 Å². The fourth-order valence-electron chi connectivity index (χ4n) is 3.22. The van der Waals surface area contributed by atoms with E-state index in [0.29, 0.717) is 0 Å². The van der Waals surface area contributed by atoms with Crippen LogP contribution in [0.2, 0.25) is 0 Å².